The lowest BCUT2D eigenvalue weighted by Gasteiger charge is -2.51. The van der Waals surface area contributed by atoms with E-state index in [4.69, 9.17) is 16.6 Å². The van der Waals surface area contributed by atoms with E-state index in [1.807, 2.05) is 12.1 Å². The predicted octanol–water partition coefficient (Wildman–Crippen LogP) is 3.75. The van der Waals surface area contributed by atoms with E-state index in [0.29, 0.717) is 29.1 Å². The van der Waals surface area contributed by atoms with Crippen LogP contribution in [0.2, 0.25) is 5.02 Å². The summed E-state index contributed by atoms with van der Waals surface area (Å²) < 4.78 is 12.6. The molecular weight excluding hydrogens is 432 g/mol. The first kappa shape index (κ1) is 21.2. The lowest BCUT2D eigenvalue weighted by atomic mass is 9.76. The first-order valence-corrected chi connectivity index (χ1v) is 12.9. The van der Waals surface area contributed by atoms with Crippen LogP contribution in [0.5, 0.6) is 0 Å². The van der Waals surface area contributed by atoms with Gasteiger partial charge in [-0.1, -0.05) is 23.7 Å². The third-order valence-electron chi connectivity index (χ3n) is 7.23. The van der Waals surface area contributed by atoms with Gasteiger partial charge in [0.2, 0.25) is 5.95 Å². The number of hydrogen-bond acceptors (Lipinski definition) is 6. The van der Waals surface area contributed by atoms with Crippen LogP contribution in [0.1, 0.15) is 50.0 Å². The van der Waals surface area contributed by atoms with Crippen molar-refractivity contribution in [1.82, 2.24) is 9.97 Å². The topological polar surface area (TPSA) is 69.6 Å². The summed E-state index contributed by atoms with van der Waals surface area (Å²) in [6.45, 7) is 2.59. The number of anilines is 2. The average molecular weight is 461 g/mol. The van der Waals surface area contributed by atoms with Crippen molar-refractivity contribution >= 4 is 34.2 Å². The molecule has 2 aromatic rings. The van der Waals surface area contributed by atoms with E-state index in [-0.39, 0.29) is 12.1 Å². The van der Waals surface area contributed by atoms with Gasteiger partial charge in [-0.2, -0.15) is 4.98 Å². The zero-order valence-corrected chi connectivity index (χ0v) is 19.2. The van der Waals surface area contributed by atoms with Gasteiger partial charge >= 0.3 is 0 Å². The van der Waals surface area contributed by atoms with E-state index in [9.17, 15) is 9.32 Å². The summed E-state index contributed by atoms with van der Waals surface area (Å²) in [4.78, 5) is 14.7. The van der Waals surface area contributed by atoms with Crippen molar-refractivity contribution in [1.29, 1.82) is 0 Å². The minimum absolute atomic E-state index is 0.116. The minimum atomic E-state index is -1.08. The van der Waals surface area contributed by atoms with Crippen molar-refractivity contribution in [2.75, 3.05) is 41.8 Å². The molecule has 8 heteroatoms. The molecule has 0 spiro atoms. The Bertz CT molecular complexity index is 961. The van der Waals surface area contributed by atoms with Crippen molar-refractivity contribution in [2.24, 2.45) is 0 Å². The van der Waals surface area contributed by atoms with Gasteiger partial charge in [-0.3, -0.25) is 4.21 Å². The lowest BCUT2D eigenvalue weighted by molar-refractivity contribution is 0.115. The SMILES string of the molecule is O=[S@]1CCN(C2(CO)CCC2)c2nc(N3CCCC(c4ccc(Cl)cc4)CC3)ncc21. The Labute approximate surface area is 191 Å². The lowest BCUT2D eigenvalue weighted by Crippen LogP contribution is -2.59. The minimum Gasteiger partial charge on any atom is -0.394 e. The summed E-state index contributed by atoms with van der Waals surface area (Å²) in [6.07, 6.45) is 8.04. The Morgan fingerprint density at radius 1 is 1.13 bits per heavy atom. The van der Waals surface area contributed by atoms with Gasteiger partial charge in [0.15, 0.2) is 5.82 Å². The highest BCUT2D eigenvalue weighted by atomic mass is 35.5. The smallest absolute Gasteiger partial charge is 0.227 e. The molecule has 1 saturated carbocycles. The number of halogens is 1. The largest absolute Gasteiger partial charge is 0.394 e. The molecule has 5 rings (SSSR count). The van der Waals surface area contributed by atoms with Gasteiger partial charge in [0.05, 0.1) is 34.0 Å². The van der Waals surface area contributed by atoms with Crippen LogP contribution in [0.15, 0.2) is 35.4 Å². The van der Waals surface area contributed by atoms with Crippen LogP contribution in [-0.4, -0.2) is 56.8 Å². The maximum absolute atomic E-state index is 12.6. The third kappa shape index (κ3) is 3.96. The molecule has 3 heterocycles. The molecule has 2 atom stereocenters. The fourth-order valence-corrected chi connectivity index (χ4v) is 6.40. The average Bonchev–Trinajstić information content (AvgIpc) is 3.01. The molecule has 1 saturated heterocycles. The number of rotatable bonds is 4. The standard InChI is InChI=1S/C23H29ClN4O2S/c24-19-6-4-18(5-7-19)17-3-1-11-27(12-8-17)22-25-15-20-21(26-22)28(13-14-31(20)30)23(16-29)9-2-10-23/h4-7,15,17,29H,1-3,8-14,16H2/t17?,31-/m0/s1. The normalized spacial score (nSPS) is 25.5. The first-order chi connectivity index (χ1) is 15.1. The van der Waals surface area contributed by atoms with Gasteiger partial charge in [0.1, 0.15) is 0 Å². The van der Waals surface area contributed by atoms with Gasteiger partial charge < -0.3 is 14.9 Å². The predicted molar refractivity (Wildman–Crippen MR) is 125 cm³/mol. The Kier molecular flexibility index (Phi) is 5.92. The highest BCUT2D eigenvalue weighted by molar-refractivity contribution is 7.85. The van der Waals surface area contributed by atoms with Crippen LogP contribution in [0.25, 0.3) is 0 Å². The summed E-state index contributed by atoms with van der Waals surface area (Å²) >= 11 is 6.06. The number of aromatic nitrogens is 2. The summed E-state index contributed by atoms with van der Waals surface area (Å²) in [5.74, 6) is 2.56. The second-order valence-electron chi connectivity index (χ2n) is 8.96. The second-order valence-corrected chi connectivity index (χ2v) is 10.9. The maximum atomic E-state index is 12.6. The molecule has 3 aliphatic rings. The van der Waals surface area contributed by atoms with Crippen LogP contribution in [0.4, 0.5) is 11.8 Å². The number of aliphatic hydroxyl groups excluding tert-OH is 1. The van der Waals surface area contributed by atoms with Crippen LogP contribution in [0.3, 0.4) is 0 Å². The molecule has 1 N–H and O–H groups in total. The summed E-state index contributed by atoms with van der Waals surface area (Å²) in [5.41, 5.74) is 1.10. The van der Waals surface area contributed by atoms with Gasteiger partial charge in [-0.05, 0) is 62.1 Å². The van der Waals surface area contributed by atoms with Gasteiger partial charge in [-0.25, -0.2) is 4.98 Å². The Morgan fingerprint density at radius 2 is 1.94 bits per heavy atom. The molecule has 166 valence electrons. The van der Waals surface area contributed by atoms with Gasteiger partial charge in [0, 0.05) is 30.4 Å². The van der Waals surface area contributed by atoms with E-state index < -0.39 is 10.8 Å². The number of nitrogens with zero attached hydrogens (tertiary/aromatic N) is 4. The van der Waals surface area contributed by atoms with Gasteiger partial charge in [0.25, 0.3) is 0 Å². The number of aliphatic hydroxyl groups is 1. The van der Waals surface area contributed by atoms with E-state index >= 15 is 0 Å². The highest BCUT2D eigenvalue weighted by Gasteiger charge is 2.45. The van der Waals surface area contributed by atoms with Crippen LogP contribution in [0, 0.1) is 0 Å². The number of benzene rings is 1. The fraction of sp³-hybridized carbons (Fsp3) is 0.565. The quantitative estimate of drug-likeness (QED) is 0.749. The van der Waals surface area contributed by atoms with Crippen molar-refractivity contribution in [2.45, 2.75) is 54.9 Å². The molecular formula is C23H29ClN4O2S. The Hall–Kier alpha value is -1.70. The molecule has 2 aliphatic heterocycles. The number of fused-ring (bicyclic) bond motifs is 1. The third-order valence-corrected chi connectivity index (χ3v) is 8.81. The van der Waals surface area contributed by atoms with Crippen molar-refractivity contribution in [3.05, 3.63) is 41.0 Å². The van der Waals surface area contributed by atoms with E-state index in [1.165, 1.54) is 5.56 Å². The Morgan fingerprint density at radius 3 is 2.65 bits per heavy atom. The zero-order chi connectivity index (χ0) is 21.4. The Balaban J connectivity index is 1.38. The highest BCUT2D eigenvalue weighted by Crippen LogP contribution is 2.43. The molecule has 0 bridgehead atoms. The van der Waals surface area contributed by atoms with Crippen LogP contribution in [-0.2, 0) is 10.8 Å². The number of hydrogen-bond donors (Lipinski definition) is 1. The van der Waals surface area contributed by atoms with Gasteiger partial charge in [-0.15, -0.1) is 0 Å². The summed E-state index contributed by atoms with van der Waals surface area (Å²) in [6, 6.07) is 8.22. The molecule has 6 nitrogen and oxygen atoms in total. The van der Waals surface area contributed by atoms with Crippen molar-refractivity contribution in [3.8, 4) is 0 Å². The molecule has 0 amide bonds. The van der Waals surface area contributed by atoms with E-state index in [0.717, 1.165) is 62.5 Å². The van der Waals surface area contributed by atoms with Crippen molar-refractivity contribution < 1.29 is 9.32 Å². The zero-order valence-electron chi connectivity index (χ0n) is 17.7. The summed E-state index contributed by atoms with van der Waals surface area (Å²) in [5, 5.41) is 10.9. The molecule has 31 heavy (non-hydrogen) atoms. The monoisotopic (exact) mass is 460 g/mol. The van der Waals surface area contributed by atoms with E-state index in [2.05, 4.69) is 26.9 Å². The van der Waals surface area contributed by atoms with Crippen LogP contribution < -0.4 is 9.80 Å². The fourth-order valence-electron chi connectivity index (χ4n) is 5.17. The maximum Gasteiger partial charge on any atom is 0.227 e. The summed E-state index contributed by atoms with van der Waals surface area (Å²) in [7, 11) is -1.08. The molecule has 1 aromatic heterocycles. The van der Waals surface area contributed by atoms with Crippen LogP contribution >= 0.6 is 11.6 Å². The van der Waals surface area contributed by atoms with E-state index in [1.54, 1.807) is 6.20 Å². The molecule has 1 aromatic carbocycles. The molecule has 2 fully saturated rings. The molecule has 0 radical (unpaired) electrons. The molecule has 1 unspecified atom stereocenters. The molecule has 1 aliphatic carbocycles. The first-order valence-electron chi connectivity index (χ1n) is 11.2. The second kappa shape index (κ2) is 8.68. The van der Waals surface area contributed by atoms with Crippen molar-refractivity contribution in [3.63, 3.8) is 0 Å².